The molecule has 0 radical (unpaired) electrons. The van der Waals surface area contributed by atoms with Gasteiger partial charge in [-0.2, -0.15) is 0 Å². The van der Waals surface area contributed by atoms with Crippen molar-refractivity contribution >= 4 is 6.16 Å². The van der Waals surface area contributed by atoms with E-state index in [0.29, 0.717) is 12.1 Å². The maximum absolute atomic E-state index is 12.6. The second-order valence-electron chi connectivity index (χ2n) is 2.07. The van der Waals surface area contributed by atoms with Crippen molar-refractivity contribution in [2.24, 2.45) is 0 Å². The van der Waals surface area contributed by atoms with Gasteiger partial charge in [-0.1, -0.05) is 0 Å². The Hall–Kier alpha value is -1.72. The van der Waals surface area contributed by atoms with Gasteiger partial charge in [0, 0.05) is 12.1 Å². The van der Waals surface area contributed by atoms with Crippen molar-refractivity contribution in [1.82, 2.24) is 0 Å². The number of carbonyl (C=O) groups is 1. The highest BCUT2D eigenvalue weighted by Gasteiger charge is 2.15. The lowest BCUT2D eigenvalue weighted by molar-refractivity contribution is 0.140. The number of carboxylic acid groups (broad SMARTS) is 1. The van der Waals surface area contributed by atoms with E-state index in [9.17, 15) is 18.0 Å². The van der Waals surface area contributed by atoms with Crippen molar-refractivity contribution in [1.29, 1.82) is 0 Å². The fraction of sp³-hybridized carbons (Fsp3) is 0. The van der Waals surface area contributed by atoms with Crippen molar-refractivity contribution < 1.29 is 27.8 Å². The molecule has 0 spiro atoms. The van der Waals surface area contributed by atoms with Crippen molar-refractivity contribution in [3.8, 4) is 5.75 Å². The minimum atomic E-state index is -1.87. The first-order valence-electron chi connectivity index (χ1n) is 3.06. The quantitative estimate of drug-likeness (QED) is 0.547. The number of ether oxygens (including phenoxy) is 1. The van der Waals surface area contributed by atoms with Crippen LogP contribution < -0.4 is 4.74 Å². The summed E-state index contributed by atoms with van der Waals surface area (Å²) < 4.78 is 41.2. The summed E-state index contributed by atoms with van der Waals surface area (Å²) in [6.45, 7) is 0. The van der Waals surface area contributed by atoms with Gasteiger partial charge in [0.15, 0.2) is 11.6 Å². The number of halogens is 3. The lowest BCUT2D eigenvalue weighted by atomic mass is 10.3. The van der Waals surface area contributed by atoms with Crippen LogP contribution in [0.25, 0.3) is 0 Å². The van der Waals surface area contributed by atoms with E-state index < -0.39 is 29.4 Å². The summed E-state index contributed by atoms with van der Waals surface area (Å²) in [5, 5.41) is 8.04. The lowest BCUT2D eigenvalue weighted by Crippen LogP contribution is -2.06. The summed E-state index contributed by atoms with van der Waals surface area (Å²) in [6.07, 6.45) is -1.87. The Morgan fingerprint density at radius 1 is 1.23 bits per heavy atom. The zero-order chi connectivity index (χ0) is 10.0. The van der Waals surface area contributed by atoms with Gasteiger partial charge >= 0.3 is 6.16 Å². The van der Waals surface area contributed by atoms with Gasteiger partial charge in [0.05, 0.1) is 0 Å². The molecule has 0 heterocycles. The molecule has 0 saturated heterocycles. The minimum absolute atomic E-state index is 0.321. The molecule has 1 aromatic carbocycles. The van der Waals surface area contributed by atoms with Crippen LogP contribution in [-0.4, -0.2) is 11.3 Å². The third kappa shape index (κ3) is 2.11. The Morgan fingerprint density at radius 3 is 2.08 bits per heavy atom. The Morgan fingerprint density at radius 2 is 1.69 bits per heavy atom. The highest BCUT2D eigenvalue weighted by atomic mass is 19.1. The van der Waals surface area contributed by atoms with Crippen LogP contribution in [0.2, 0.25) is 0 Å². The molecule has 0 atom stereocenters. The standard InChI is InChI=1S/C7H3F3O3/c8-3-1-4(9)6(5(10)2-3)13-7(11)12/h1-2H,(H,11,12). The van der Waals surface area contributed by atoms with E-state index in [0.717, 1.165) is 0 Å². The van der Waals surface area contributed by atoms with Gasteiger partial charge in [-0.05, 0) is 0 Å². The predicted octanol–water partition coefficient (Wildman–Crippen LogP) is 2.16. The molecule has 13 heavy (non-hydrogen) atoms. The summed E-state index contributed by atoms with van der Waals surface area (Å²) in [4.78, 5) is 9.91. The molecule has 0 saturated carbocycles. The van der Waals surface area contributed by atoms with Crippen molar-refractivity contribution in [2.75, 3.05) is 0 Å². The SMILES string of the molecule is O=C(O)Oc1c(F)cc(F)cc1F. The van der Waals surface area contributed by atoms with E-state index in [2.05, 4.69) is 4.74 Å². The van der Waals surface area contributed by atoms with Crippen LogP contribution in [0.3, 0.4) is 0 Å². The summed E-state index contributed by atoms with van der Waals surface area (Å²) in [5.41, 5.74) is 0. The first kappa shape index (κ1) is 9.37. The molecule has 1 aromatic rings. The monoisotopic (exact) mass is 192 g/mol. The molecule has 1 N–H and O–H groups in total. The number of benzene rings is 1. The Balaban J connectivity index is 3.13. The molecular weight excluding hydrogens is 189 g/mol. The van der Waals surface area contributed by atoms with E-state index in [1.54, 1.807) is 0 Å². The van der Waals surface area contributed by atoms with Crippen LogP contribution in [-0.2, 0) is 0 Å². The molecule has 0 unspecified atom stereocenters. The minimum Gasteiger partial charge on any atom is -0.449 e. The second kappa shape index (κ2) is 3.34. The Labute approximate surface area is 70.4 Å². The zero-order valence-electron chi connectivity index (χ0n) is 6.05. The van der Waals surface area contributed by atoms with Crippen LogP contribution >= 0.6 is 0 Å². The molecule has 3 nitrogen and oxygen atoms in total. The first-order valence-corrected chi connectivity index (χ1v) is 3.06. The van der Waals surface area contributed by atoms with Gasteiger partial charge in [0.2, 0.25) is 5.75 Å². The third-order valence-corrected chi connectivity index (χ3v) is 1.15. The fourth-order valence-corrected chi connectivity index (χ4v) is 0.714. The van der Waals surface area contributed by atoms with Gasteiger partial charge in [-0.15, -0.1) is 0 Å². The number of rotatable bonds is 1. The highest BCUT2D eigenvalue weighted by molar-refractivity contribution is 5.61. The molecular formula is C7H3F3O3. The van der Waals surface area contributed by atoms with Gasteiger partial charge in [0.1, 0.15) is 5.82 Å². The largest absolute Gasteiger partial charge is 0.511 e. The molecule has 0 aliphatic heterocycles. The smallest absolute Gasteiger partial charge is 0.449 e. The molecule has 70 valence electrons. The van der Waals surface area contributed by atoms with E-state index in [-0.39, 0.29) is 0 Å². The van der Waals surface area contributed by atoms with Crippen LogP contribution in [0.4, 0.5) is 18.0 Å². The van der Waals surface area contributed by atoms with Gasteiger partial charge < -0.3 is 9.84 Å². The number of hydrogen-bond donors (Lipinski definition) is 1. The normalized spacial score (nSPS) is 9.77. The van der Waals surface area contributed by atoms with Crippen LogP contribution in [0.5, 0.6) is 5.75 Å². The molecule has 0 aromatic heterocycles. The van der Waals surface area contributed by atoms with Crippen LogP contribution in [0, 0.1) is 17.5 Å². The van der Waals surface area contributed by atoms with E-state index in [4.69, 9.17) is 5.11 Å². The molecule has 0 bridgehead atoms. The summed E-state index contributed by atoms with van der Waals surface area (Å²) in [7, 11) is 0. The van der Waals surface area contributed by atoms with E-state index >= 15 is 0 Å². The average Bonchev–Trinajstić information content (AvgIpc) is 1.96. The maximum Gasteiger partial charge on any atom is 0.511 e. The van der Waals surface area contributed by atoms with Crippen molar-refractivity contribution in [2.45, 2.75) is 0 Å². The summed E-state index contributed by atoms with van der Waals surface area (Å²) in [5.74, 6) is -5.08. The predicted molar refractivity (Wildman–Crippen MR) is 35.0 cm³/mol. The Bertz CT molecular complexity index is 328. The number of hydrogen-bond acceptors (Lipinski definition) is 2. The third-order valence-electron chi connectivity index (χ3n) is 1.15. The average molecular weight is 192 g/mol. The lowest BCUT2D eigenvalue weighted by Gasteiger charge is -2.02. The van der Waals surface area contributed by atoms with Crippen LogP contribution in [0.15, 0.2) is 12.1 Å². The highest BCUT2D eigenvalue weighted by Crippen LogP contribution is 2.22. The zero-order valence-corrected chi connectivity index (χ0v) is 6.05. The molecule has 1 rings (SSSR count). The van der Waals surface area contributed by atoms with Gasteiger partial charge in [-0.3, -0.25) is 0 Å². The maximum atomic E-state index is 12.6. The molecule has 6 heteroatoms. The second-order valence-corrected chi connectivity index (χ2v) is 2.07. The van der Waals surface area contributed by atoms with Crippen molar-refractivity contribution in [3.05, 3.63) is 29.6 Å². The molecule has 0 aliphatic rings. The van der Waals surface area contributed by atoms with Gasteiger partial charge in [-0.25, -0.2) is 18.0 Å². The summed E-state index contributed by atoms with van der Waals surface area (Å²) >= 11 is 0. The fourth-order valence-electron chi connectivity index (χ4n) is 0.714. The van der Waals surface area contributed by atoms with E-state index in [1.807, 2.05) is 0 Å². The van der Waals surface area contributed by atoms with Crippen molar-refractivity contribution in [3.63, 3.8) is 0 Å². The summed E-state index contributed by atoms with van der Waals surface area (Å²) in [6, 6.07) is 0.642. The van der Waals surface area contributed by atoms with E-state index in [1.165, 1.54) is 0 Å². The van der Waals surface area contributed by atoms with Crippen LogP contribution in [0.1, 0.15) is 0 Å². The molecule has 0 aliphatic carbocycles. The molecule has 0 amide bonds. The Kier molecular flexibility index (Phi) is 2.41. The molecule has 0 fully saturated rings. The first-order chi connectivity index (χ1) is 6.00. The van der Waals surface area contributed by atoms with Gasteiger partial charge in [0.25, 0.3) is 0 Å². The topological polar surface area (TPSA) is 46.5 Å².